The molecule has 1 N–H and O–H groups in total. The van der Waals surface area contributed by atoms with Crippen molar-refractivity contribution in [3.05, 3.63) is 88.1 Å². The first-order valence-electron chi connectivity index (χ1n) is 10.7. The molecule has 2 aliphatic rings. The Hall–Kier alpha value is -3.56. The summed E-state index contributed by atoms with van der Waals surface area (Å²) in [5, 5.41) is 5.31. The number of carbonyl (C=O) groups excluding carboxylic acids is 3. The van der Waals surface area contributed by atoms with Gasteiger partial charge in [-0.05, 0) is 23.6 Å². The average Bonchev–Trinajstić information content (AvgIpc) is 3.50. The van der Waals surface area contributed by atoms with Crippen LogP contribution in [-0.4, -0.2) is 45.3 Å². The van der Waals surface area contributed by atoms with Crippen LogP contribution in [0, 0.1) is 0 Å². The SMILES string of the molecule is O=C(CC1C(=O)N=C2c3ccccc3N=C(SCC(=O)c3ccccc3)N21)NCc1cccs1. The van der Waals surface area contributed by atoms with Gasteiger partial charge in [-0.3, -0.25) is 19.3 Å². The van der Waals surface area contributed by atoms with Gasteiger partial charge in [0.05, 0.1) is 24.4 Å². The molecule has 7 nitrogen and oxygen atoms in total. The quantitative estimate of drug-likeness (QED) is 0.507. The summed E-state index contributed by atoms with van der Waals surface area (Å²) in [6.45, 7) is 0.412. The van der Waals surface area contributed by atoms with Crippen LogP contribution in [0.25, 0.3) is 0 Å². The van der Waals surface area contributed by atoms with Crippen molar-refractivity contribution in [1.29, 1.82) is 0 Å². The molecule has 0 radical (unpaired) electrons. The first-order chi connectivity index (χ1) is 16.6. The zero-order valence-corrected chi connectivity index (χ0v) is 19.6. The number of nitrogens with zero attached hydrogens (tertiary/aromatic N) is 3. The molecule has 9 heteroatoms. The lowest BCUT2D eigenvalue weighted by Crippen LogP contribution is -2.46. The fraction of sp³-hybridized carbons (Fsp3) is 0.160. The number of amides is 2. The maximum atomic E-state index is 12.9. The third-order valence-corrected chi connectivity index (χ3v) is 7.28. The van der Waals surface area contributed by atoms with E-state index in [4.69, 9.17) is 4.99 Å². The summed E-state index contributed by atoms with van der Waals surface area (Å²) in [7, 11) is 0. The Kier molecular flexibility index (Phi) is 6.37. The molecule has 2 amide bonds. The molecule has 1 unspecified atom stereocenters. The highest BCUT2D eigenvalue weighted by Gasteiger charge is 2.42. The average molecular weight is 489 g/mol. The standard InChI is InChI=1S/C25H20N4O3S2/c30-21(16-7-2-1-3-8-16)15-34-25-27-19-11-5-4-10-18(19)23-28-24(32)20(29(23)25)13-22(31)26-14-17-9-6-12-33-17/h1-12,20H,13-15H2,(H,26,31). The number of para-hydroxylation sites is 1. The predicted molar refractivity (Wildman–Crippen MR) is 135 cm³/mol. The second-order valence-corrected chi connectivity index (χ2v) is 9.68. The summed E-state index contributed by atoms with van der Waals surface area (Å²) in [6, 6.07) is 19.5. The Bertz CT molecular complexity index is 1300. The Morgan fingerprint density at radius 1 is 1.00 bits per heavy atom. The second-order valence-electron chi connectivity index (χ2n) is 7.71. The van der Waals surface area contributed by atoms with Gasteiger partial charge in [-0.25, -0.2) is 4.99 Å². The van der Waals surface area contributed by atoms with Crippen LogP contribution in [0.15, 0.2) is 82.1 Å². The number of ketones is 1. The van der Waals surface area contributed by atoms with Crippen LogP contribution in [-0.2, 0) is 16.1 Å². The van der Waals surface area contributed by atoms with E-state index in [0.717, 1.165) is 10.4 Å². The number of nitrogens with one attached hydrogen (secondary N) is 1. The first-order valence-corrected chi connectivity index (χ1v) is 12.6. The minimum Gasteiger partial charge on any atom is -0.351 e. The van der Waals surface area contributed by atoms with Crippen molar-refractivity contribution in [1.82, 2.24) is 10.2 Å². The van der Waals surface area contributed by atoms with Crippen molar-refractivity contribution in [2.45, 2.75) is 19.0 Å². The summed E-state index contributed by atoms with van der Waals surface area (Å²) in [5.74, 6) is -0.0459. The smallest absolute Gasteiger partial charge is 0.271 e. The van der Waals surface area contributed by atoms with Gasteiger partial charge in [0.15, 0.2) is 11.0 Å². The Morgan fingerprint density at radius 3 is 2.59 bits per heavy atom. The lowest BCUT2D eigenvalue weighted by atomic mass is 10.1. The van der Waals surface area contributed by atoms with Gasteiger partial charge < -0.3 is 5.32 Å². The number of Topliss-reactive ketones (excluding diaryl/α,β-unsaturated/α-hetero) is 1. The number of fused-ring (bicyclic) bond motifs is 3. The zero-order valence-electron chi connectivity index (χ0n) is 18.0. The molecule has 1 atom stereocenters. The van der Waals surface area contributed by atoms with E-state index in [-0.39, 0.29) is 29.8 Å². The van der Waals surface area contributed by atoms with Gasteiger partial charge in [-0.1, -0.05) is 60.3 Å². The summed E-state index contributed by atoms with van der Waals surface area (Å²) in [6.07, 6.45) is -0.0500. The number of thioether (sulfide) groups is 1. The van der Waals surface area contributed by atoms with Gasteiger partial charge in [-0.15, -0.1) is 11.3 Å². The lowest BCUT2D eigenvalue weighted by Gasteiger charge is -2.30. The molecule has 2 aromatic carbocycles. The summed E-state index contributed by atoms with van der Waals surface area (Å²) >= 11 is 2.81. The van der Waals surface area contributed by atoms with Crippen LogP contribution in [0.3, 0.4) is 0 Å². The van der Waals surface area contributed by atoms with Crippen molar-refractivity contribution in [3.63, 3.8) is 0 Å². The lowest BCUT2D eigenvalue weighted by molar-refractivity contribution is -0.126. The highest BCUT2D eigenvalue weighted by Crippen LogP contribution is 2.35. The van der Waals surface area contributed by atoms with Gasteiger partial charge >= 0.3 is 0 Å². The van der Waals surface area contributed by atoms with Gasteiger partial charge in [0.25, 0.3) is 5.91 Å². The zero-order chi connectivity index (χ0) is 23.5. The molecule has 0 aliphatic carbocycles. The molecule has 0 saturated heterocycles. The topological polar surface area (TPSA) is 91.2 Å². The van der Waals surface area contributed by atoms with E-state index in [2.05, 4.69) is 10.3 Å². The number of hydrogen-bond acceptors (Lipinski definition) is 7. The molecule has 1 aromatic heterocycles. The molecule has 2 aliphatic heterocycles. The second kappa shape index (κ2) is 9.74. The number of aliphatic imine (C=N–C) groups is 2. The monoisotopic (exact) mass is 488 g/mol. The van der Waals surface area contributed by atoms with Crippen LogP contribution in [0.5, 0.6) is 0 Å². The molecule has 170 valence electrons. The number of amidine groups is 2. The predicted octanol–water partition coefficient (Wildman–Crippen LogP) is 4.03. The van der Waals surface area contributed by atoms with E-state index < -0.39 is 6.04 Å². The van der Waals surface area contributed by atoms with Crippen LogP contribution in [0.4, 0.5) is 5.69 Å². The molecule has 0 fully saturated rings. The van der Waals surface area contributed by atoms with Crippen molar-refractivity contribution in [2.75, 3.05) is 5.75 Å². The van der Waals surface area contributed by atoms with Crippen molar-refractivity contribution < 1.29 is 14.4 Å². The number of rotatable bonds is 7. The van der Waals surface area contributed by atoms with E-state index in [1.54, 1.807) is 28.4 Å². The summed E-state index contributed by atoms with van der Waals surface area (Å²) < 4.78 is 0. The fourth-order valence-corrected chi connectivity index (χ4v) is 5.37. The van der Waals surface area contributed by atoms with Gasteiger partial charge in [0.2, 0.25) is 5.91 Å². The number of thiophene rings is 1. The molecule has 3 aromatic rings. The van der Waals surface area contributed by atoms with E-state index >= 15 is 0 Å². The third kappa shape index (κ3) is 4.57. The van der Waals surface area contributed by atoms with Crippen LogP contribution < -0.4 is 5.32 Å². The van der Waals surface area contributed by atoms with Crippen LogP contribution in [0.1, 0.15) is 27.2 Å². The molecule has 5 rings (SSSR count). The number of hydrogen-bond donors (Lipinski definition) is 1. The molecule has 0 saturated carbocycles. The van der Waals surface area contributed by atoms with Crippen molar-refractivity contribution >= 4 is 57.4 Å². The minimum atomic E-state index is -0.801. The molecular weight excluding hydrogens is 468 g/mol. The summed E-state index contributed by atoms with van der Waals surface area (Å²) in [5.41, 5.74) is 2.03. The van der Waals surface area contributed by atoms with E-state index in [9.17, 15) is 14.4 Å². The van der Waals surface area contributed by atoms with Gasteiger partial charge in [0.1, 0.15) is 11.9 Å². The fourth-order valence-electron chi connectivity index (χ4n) is 3.79. The molecular formula is C25H20N4O3S2. The maximum Gasteiger partial charge on any atom is 0.271 e. The van der Waals surface area contributed by atoms with Crippen molar-refractivity contribution in [3.8, 4) is 0 Å². The highest BCUT2D eigenvalue weighted by molar-refractivity contribution is 8.14. The van der Waals surface area contributed by atoms with Crippen molar-refractivity contribution in [2.24, 2.45) is 9.98 Å². The Labute approximate surface area is 204 Å². The Balaban J connectivity index is 1.36. The normalized spacial score (nSPS) is 16.4. The maximum absolute atomic E-state index is 12.9. The highest BCUT2D eigenvalue weighted by atomic mass is 32.2. The summed E-state index contributed by atoms with van der Waals surface area (Å²) in [4.78, 5) is 50.0. The van der Waals surface area contributed by atoms with Gasteiger partial charge in [-0.2, -0.15) is 4.99 Å². The number of benzene rings is 2. The largest absolute Gasteiger partial charge is 0.351 e. The third-order valence-electron chi connectivity index (χ3n) is 5.45. The van der Waals surface area contributed by atoms with E-state index in [1.165, 1.54) is 11.8 Å². The molecule has 0 spiro atoms. The minimum absolute atomic E-state index is 0.0404. The van der Waals surface area contributed by atoms with Crippen LogP contribution >= 0.6 is 23.1 Å². The molecule has 3 heterocycles. The number of carbonyl (C=O) groups is 3. The van der Waals surface area contributed by atoms with Crippen LogP contribution in [0.2, 0.25) is 0 Å². The van der Waals surface area contributed by atoms with E-state index in [1.807, 2.05) is 60.0 Å². The molecule has 34 heavy (non-hydrogen) atoms. The Morgan fingerprint density at radius 2 is 1.79 bits per heavy atom. The van der Waals surface area contributed by atoms with E-state index in [0.29, 0.717) is 28.8 Å². The van der Waals surface area contributed by atoms with Gasteiger partial charge in [0, 0.05) is 16.0 Å². The molecule has 0 bridgehead atoms. The first kappa shape index (κ1) is 22.2.